The molecule has 7 nitrogen and oxygen atoms in total. The Morgan fingerprint density at radius 3 is 2.35 bits per heavy atom. The van der Waals surface area contributed by atoms with Crippen molar-refractivity contribution >= 4 is 17.8 Å². The third kappa shape index (κ3) is 6.67. The highest BCUT2D eigenvalue weighted by Crippen LogP contribution is 2.28. The van der Waals surface area contributed by atoms with Crippen LogP contribution in [0.4, 0.5) is 0 Å². The maximum absolute atomic E-state index is 11.7. The van der Waals surface area contributed by atoms with Gasteiger partial charge in [0, 0.05) is 25.4 Å². The number of hydrogen-bond acceptors (Lipinski definition) is 5. The Balaban J connectivity index is 1.69. The Kier molecular flexibility index (Phi) is 8.82. The van der Waals surface area contributed by atoms with Gasteiger partial charge in [-0.05, 0) is 49.6 Å². The van der Waals surface area contributed by atoms with E-state index in [4.69, 9.17) is 4.74 Å². The summed E-state index contributed by atoms with van der Waals surface area (Å²) in [4.78, 5) is 38.6. The van der Waals surface area contributed by atoms with Gasteiger partial charge in [-0.15, -0.1) is 0 Å². The molecule has 1 heterocycles. The number of benzene rings is 2. The number of ether oxygens (including phenoxy) is 1. The van der Waals surface area contributed by atoms with E-state index in [9.17, 15) is 19.5 Å². The zero-order chi connectivity index (χ0) is 24.7. The molecule has 1 N–H and O–H groups in total. The lowest BCUT2D eigenvalue weighted by Gasteiger charge is -2.31. The summed E-state index contributed by atoms with van der Waals surface area (Å²) in [6.07, 6.45) is 1.52. The van der Waals surface area contributed by atoms with Crippen LogP contribution in [0.5, 0.6) is 5.75 Å². The van der Waals surface area contributed by atoms with Crippen molar-refractivity contribution in [1.82, 2.24) is 9.80 Å². The maximum Gasteiger partial charge on any atom is 0.305 e. The SMILES string of the molecule is CCCN(Cc1ccc(OCCN2C(=O)CCC2=O)c(C)c1)C(CC(=O)O)c1ccc(C)cc1. The second-order valence-corrected chi connectivity index (χ2v) is 8.88. The van der Waals surface area contributed by atoms with Gasteiger partial charge in [0.25, 0.3) is 0 Å². The van der Waals surface area contributed by atoms with E-state index in [1.165, 1.54) is 4.90 Å². The number of rotatable bonds is 12. The van der Waals surface area contributed by atoms with Crippen molar-refractivity contribution in [3.05, 3.63) is 64.7 Å². The van der Waals surface area contributed by atoms with Gasteiger partial charge in [-0.25, -0.2) is 0 Å². The predicted molar refractivity (Wildman–Crippen MR) is 130 cm³/mol. The molecule has 0 saturated carbocycles. The van der Waals surface area contributed by atoms with Gasteiger partial charge in [-0.2, -0.15) is 0 Å². The molecule has 0 aromatic heterocycles. The quantitative estimate of drug-likeness (QED) is 0.471. The number of aliphatic carboxylic acids is 1. The van der Waals surface area contributed by atoms with Crippen LogP contribution in [-0.4, -0.2) is 52.4 Å². The Morgan fingerprint density at radius 2 is 1.76 bits per heavy atom. The number of carbonyl (C=O) groups excluding carboxylic acids is 2. The lowest BCUT2D eigenvalue weighted by atomic mass is 9.99. The van der Waals surface area contributed by atoms with Crippen LogP contribution >= 0.6 is 0 Å². The molecule has 3 rings (SSSR count). The van der Waals surface area contributed by atoms with Gasteiger partial charge >= 0.3 is 5.97 Å². The molecule has 0 spiro atoms. The summed E-state index contributed by atoms with van der Waals surface area (Å²) in [5, 5.41) is 9.57. The van der Waals surface area contributed by atoms with Crippen LogP contribution in [0, 0.1) is 13.8 Å². The molecule has 1 unspecified atom stereocenters. The minimum Gasteiger partial charge on any atom is -0.491 e. The molecule has 34 heavy (non-hydrogen) atoms. The summed E-state index contributed by atoms with van der Waals surface area (Å²) in [5.41, 5.74) is 4.18. The highest BCUT2D eigenvalue weighted by Gasteiger charge is 2.28. The molecule has 2 amide bonds. The van der Waals surface area contributed by atoms with Crippen molar-refractivity contribution in [1.29, 1.82) is 0 Å². The fraction of sp³-hybridized carbons (Fsp3) is 0.444. The van der Waals surface area contributed by atoms with Crippen LogP contribution < -0.4 is 4.74 Å². The lowest BCUT2D eigenvalue weighted by Crippen LogP contribution is -2.33. The first-order chi connectivity index (χ1) is 16.3. The van der Waals surface area contributed by atoms with Crippen molar-refractivity contribution in [3.8, 4) is 5.75 Å². The first-order valence-corrected chi connectivity index (χ1v) is 11.9. The molecule has 1 atom stereocenters. The van der Waals surface area contributed by atoms with Crippen molar-refractivity contribution in [2.45, 2.75) is 59.0 Å². The molecular weight excluding hydrogens is 432 g/mol. The zero-order valence-electron chi connectivity index (χ0n) is 20.3. The molecule has 2 aromatic rings. The maximum atomic E-state index is 11.7. The average Bonchev–Trinajstić information content (AvgIpc) is 3.11. The third-order valence-corrected chi connectivity index (χ3v) is 6.13. The monoisotopic (exact) mass is 466 g/mol. The molecular formula is C27H34N2O5. The second kappa shape index (κ2) is 11.8. The fourth-order valence-corrected chi connectivity index (χ4v) is 4.37. The molecule has 1 aliphatic rings. The van der Waals surface area contributed by atoms with E-state index < -0.39 is 5.97 Å². The van der Waals surface area contributed by atoms with Crippen LogP contribution in [0.1, 0.15) is 60.9 Å². The van der Waals surface area contributed by atoms with Crippen molar-refractivity contribution < 1.29 is 24.2 Å². The van der Waals surface area contributed by atoms with E-state index in [1.54, 1.807) is 0 Å². The van der Waals surface area contributed by atoms with Gasteiger partial charge in [-0.1, -0.05) is 48.9 Å². The smallest absolute Gasteiger partial charge is 0.305 e. The fourth-order valence-electron chi connectivity index (χ4n) is 4.37. The highest BCUT2D eigenvalue weighted by atomic mass is 16.5. The minimum atomic E-state index is -0.818. The summed E-state index contributed by atoms with van der Waals surface area (Å²) in [5.74, 6) is -0.380. The molecule has 2 aromatic carbocycles. The number of carboxylic acid groups (broad SMARTS) is 1. The number of carboxylic acids is 1. The van der Waals surface area contributed by atoms with E-state index >= 15 is 0 Å². The third-order valence-electron chi connectivity index (χ3n) is 6.13. The molecule has 182 valence electrons. The van der Waals surface area contributed by atoms with Crippen LogP contribution in [0.3, 0.4) is 0 Å². The molecule has 1 saturated heterocycles. The minimum absolute atomic E-state index is 0.0389. The molecule has 7 heteroatoms. The van der Waals surface area contributed by atoms with E-state index in [0.717, 1.165) is 35.2 Å². The number of hydrogen-bond donors (Lipinski definition) is 1. The van der Waals surface area contributed by atoms with Gasteiger partial charge in [0.05, 0.1) is 13.0 Å². The van der Waals surface area contributed by atoms with E-state index in [0.29, 0.717) is 12.3 Å². The van der Waals surface area contributed by atoms with E-state index in [1.807, 2.05) is 50.2 Å². The number of imide groups is 1. The van der Waals surface area contributed by atoms with Gasteiger partial charge in [-0.3, -0.25) is 24.2 Å². The second-order valence-electron chi connectivity index (χ2n) is 8.88. The van der Waals surface area contributed by atoms with Crippen LogP contribution in [0.15, 0.2) is 42.5 Å². The number of carbonyl (C=O) groups is 3. The summed E-state index contributed by atoms with van der Waals surface area (Å²) in [7, 11) is 0. The van der Waals surface area contributed by atoms with E-state index in [-0.39, 0.29) is 50.3 Å². The predicted octanol–water partition coefficient (Wildman–Crippen LogP) is 4.26. The summed E-state index contributed by atoms with van der Waals surface area (Å²) >= 11 is 0. The van der Waals surface area contributed by atoms with Gasteiger partial charge in [0.2, 0.25) is 11.8 Å². The molecule has 1 fully saturated rings. The van der Waals surface area contributed by atoms with Gasteiger partial charge in [0.15, 0.2) is 0 Å². The standard InChI is InChI=1S/C27H34N2O5/c1-4-13-28(23(17-27(32)33)22-8-5-19(2)6-9-22)18-21-7-10-24(20(3)16-21)34-15-14-29-25(30)11-12-26(29)31/h5-10,16,23H,4,11-15,17-18H2,1-3H3,(H,32,33). The van der Waals surface area contributed by atoms with Gasteiger partial charge in [0.1, 0.15) is 12.4 Å². The zero-order valence-corrected chi connectivity index (χ0v) is 20.3. The number of amides is 2. The Morgan fingerprint density at radius 1 is 1.09 bits per heavy atom. The molecule has 0 radical (unpaired) electrons. The summed E-state index contributed by atoms with van der Waals surface area (Å²) < 4.78 is 5.85. The first-order valence-electron chi connectivity index (χ1n) is 11.9. The van der Waals surface area contributed by atoms with Crippen molar-refractivity contribution in [3.63, 3.8) is 0 Å². The Bertz CT molecular complexity index is 1000. The normalized spacial score (nSPS) is 14.6. The van der Waals surface area contributed by atoms with Gasteiger partial charge < -0.3 is 9.84 Å². The molecule has 0 aliphatic carbocycles. The lowest BCUT2D eigenvalue weighted by molar-refractivity contribution is -0.140. The number of likely N-dealkylation sites (tertiary alicyclic amines) is 1. The topological polar surface area (TPSA) is 87.2 Å². The number of aryl methyl sites for hydroxylation is 2. The average molecular weight is 467 g/mol. The van der Waals surface area contributed by atoms with Crippen LogP contribution in [0.25, 0.3) is 0 Å². The van der Waals surface area contributed by atoms with Crippen molar-refractivity contribution in [2.24, 2.45) is 0 Å². The Hall–Kier alpha value is -3.19. The van der Waals surface area contributed by atoms with E-state index in [2.05, 4.69) is 17.9 Å². The first kappa shape index (κ1) is 25.4. The largest absolute Gasteiger partial charge is 0.491 e. The number of nitrogens with zero attached hydrogens (tertiary/aromatic N) is 2. The van der Waals surface area contributed by atoms with Crippen molar-refractivity contribution in [2.75, 3.05) is 19.7 Å². The Labute approximate surface area is 201 Å². The highest BCUT2D eigenvalue weighted by molar-refractivity contribution is 6.01. The van der Waals surface area contributed by atoms with Crippen LogP contribution in [-0.2, 0) is 20.9 Å². The summed E-state index contributed by atoms with van der Waals surface area (Å²) in [6.45, 7) is 8.00. The summed E-state index contributed by atoms with van der Waals surface area (Å²) in [6, 6.07) is 13.8. The van der Waals surface area contributed by atoms with Crippen LogP contribution in [0.2, 0.25) is 0 Å². The molecule has 0 bridgehead atoms. The molecule has 1 aliphatic heterocycles.